The maximum atomic E-state index is 8.25. The second-order valence-electron chi connectivity index (χ2n) is 2.51. The Balaban J connectivity index is 0. The number of hydrogen-bond acceptors (Lipinski definition) is 10. The van der Waals surface area contributed by atoms with Gasteiger partial charge in [0.15, 0.2) is 6.33 Å². The van der Waals surface area contributed by atoms with Crippen molar-refractivity contribution in [1.29, 1.82) is 0 Å². The molecule has 1 heterocycles. The third kappa shape index (κ3) is 27.2. The normalized spacial score (nSPS) is 7.67. The first-order chi connectivity index (χ1) is 9.75. The molecular weight excluding hydrogens is 505 g/mol. The number of rotatable bonds is 0. The minimum atomic E-state index is -1.75. The number of aromatic nitrogens is 4. The van der Waals surface area contributed by atoms with Gasteiger partial charge in [-0.2, -0.15) is 4.09 Å². The molecule has 0 aliphatic carbocycles. The van der Waals surface area contributed by atoms with Crippen molar-refractivity contribution >= 4 is 40.8 Å². The van der Waals surface area contributed by atoms with Gasteiger partial charge >= 0.3 is 58.3 Å². The van der Waals surface area contributed by atoms with Crippen molar-refractivity contribution in [2.24, 2.45) is 0 Å². The molecule has 2 rings (SSSR count). The summed E-state index contributed by atoms with van der Waals surface area (Å²) in [6.07, 6.45) is 1.39. The van der Waals surface area contributed by atoms with Crippen LogP contribution in [0.1, 0.15) is 0 Å². The Morgan fingerprint density at radius 3 is 1.62 bits per heavy atom. The van der Waals surface area contributed by atoms with Crippen molar-refractivity contribution in [3.63, 3.8) is 0 Å². The molecule has 21 heavy (non-hydrogen) atoms. The van der Waals surface area contributed by atoms with Crippen LogP contribution in [0.5, 0.6) is 0 Å². The van der Waals surface area contributed by atoms with Gasteiger partial charge in [-0.25, -0.2) is 0 Å². The van der Waals surface area contributed by atoms with E-state index in [1.165, 1.54) is 38.4 Å². The average Bonchev–Trinajstić information content (AvgIpc) is 2.80. The van der Waals surface area contributed by atoms with E-state index in [1.807, 2.05) is 6.07 Å². The Bertz CT molecular complexity index is 480. The van der Waals surface area contributed by atoms with E-state index in [9.17, 15) is 0 Å². The zero-order valence-corrected chi connectivity index (χ0v) is 14.4. The van der Waals surface area contributed by atoms with E-state index in [0.29, 0.717) is 0 Å². The summed E-state index contributed by atoms with van der Waals surface area (Å²) in [5.41, 5.74) is 0. The molecule has 14 heteroatoms. The molecule has 0 saturated heterocycles. The minimum absolute atomic E-state index is 1.22. The van der Waals surface area contributed by atoms with Crippen LogP contribution in [-0.4, -0.2) is 54.5 Å². The zero-order chi connectivity index (χ0) is 16.7. The summed E-state index contributed by atoms with van der Waals surface area (Å²) in [5, 5.41) is 39.4. The molecule has 112 valence electrons. The number of nitrogens with zero attached hydrogens (tertiary/aromatic N) is 6. The number of hydrogen-bond donors (Lipinski definition) is 1. The Morgan fingerprint density at radius 2 is 1.48 bits per heavy atom. The summed E-state index contributed by atoms with van der Waals surface area (Å²) in [4.78, 5) is 16.5. The second-order valence-corrected chi connectivity index (χ2v) is 4.93. The summed E-state index contributed by atoms with van der Waals surface area (Å²) in [6, 6.07) is 10.4. The van der Waals surface area contributed by atoms with Gasteiger partial charge in [0, 0.05) is 0 Å². The molecule has 0 amide bonds. The van der Waals surface area contributed by atoms with Gasteiger partial charge in [-0.1, -0.05) is 0 Å². The van der Waals surface area contributed by atoms with Gasteiger partial charge in [0.2, 0.25) is 0 Å². The van der Waals surface area contributed by atoms with Gasteiger partial charge < -0.3 is 30.6 Å². The fraction of sp³-hybridized carbons (Fsp3) is 0. The predicted molar refractivity (Wildman–Crippen MR) is 74.8 cm³/mol. The van der Waals surface area contributed by atoms with Gasteiger partial charge in [0.1, 0.15) is 0 Å². The van der Waals surface area contributed by atoms with Crippen molar-refractivity contribution in [2.45, 2.75) is 0 Å². The van der Waals surface area contributed by atoms with Crippen LogP contribution < -0.4 is 3.27 Å². The fourth-order valence-electron chi connectivity index (χ4n) is 0.584. The average molecular weight is 512 g/mol. The molecule has 0 spiro atoms. The van der Waals surface area contributed by atoms with E-state index < -0.39 is 10.2 Å². The van der Waals surface area contributed by atoms with E-state index in [0.717, 1.165) is 0 Å². The van der Waals surface area contributed by atoms with Crippen LogP contribution in [0.15, 0.2) is 36.7 Å². The van der Waals surface area contributed by atoms with Gasteiger partial charge in [-0.15, -0.1) is 5.10 Å². The van der Waals surface area contributed by atoms with Crippen molar-refractivity contribution in [1.82, 2.24) is 19.6 Å². The molecule has 0 atom stereocenters. The molecule has 0 aliphatic rings. The monoisotopic (exact) mass is 512 g/mol. The van der Waals surface area contributed by atoms with Crippen LogP contribution in [0.4, 0.5) is 0 Å². The molecule has 2 radical (unpaired) electrons. The van der Waals surface area contributed by atoms with E-state index in [1.54, 1.807) is 0 Å². The quantitative estimate of drug-likeness (QED) is 0.208. The third-order valence-corrected chi connectivity index (χ3v) is 2.44. The van der Waals surface area contributed by atoms with Crippen molar-refractivity contribution in [3.8, 4) is 0 Å². The van der Waals surface area contributed by atoms with Gasteiger partial charge in [0.25, 0.3) is 0 Å². The summed E-state index contributed by atoms with van der Waals surface area (Å²) in [5.74, 6) is 0. The molecule has 12 nitrogen and oxygen atoms in total. The van der Waals surface area contributed by atoms with Gasteiger partial charge in [-0.3, -0.25) is 0 Å². The van der Waals surface area contributed by atoms with Crippen molar-refractivity contribution in [2.75, 3.05) is 0 Å². The number of benzene rings is 1. The maximum absolute atomic E-state index is 8.25. The van der Waals surface area contributed by atoms with E-state index in [4.69, 9.17) is 30.6 Å². The molecule has 0 fully saturated rings. The van der Waals surface area contributed by atoms with Gasteiger partial charge in [0.05, 0.1) is 10.2 Å². The van der Waals surface area contributed by atoms with Crippen molar-refractivity contribution in [3.05, 3.63) is 67.3 Å². The molecule has 2 aromatic rings. The Labute approximate surface area is 138 Å². The summed E-state index contributed by atoms with van der Waals surface area (Å²) >= 11 is 5.07. The molecule has 0 N–H and O–H groups in total. The zero-order valence-electron chi connectivity index (χ0n) is 9.99. The number of tetrazole rings is 1. The summed E-state index contributed by atoms with van der Waals surface area (Å²) < 4.78 is 2.66. The van der Waals surface area contributed by atoms with Crippen LogP contribution in [-0.2, 0) is 0 Å². The standard InChI is InChI=1S/C6H5.CH2N4S.Bi.2NO3/c1-2-4-6-5-3-1;6-5-1-2-3-4-5;;2*2-1(3)4/h1-5H;1,6H;;;/q;;+2;2*-1. The SMILES string of the molecule is O=[N+]([O-])[O-].O=[N+]([O-])[O-].Sn1cnnn1.[Bi+2][c]1ccccc1. The molecule has 0 bridgehead atoms. The predicted octanol–water partition coefficient (Wildman–Crippen LogP) is -0.632. The summed E-state index contributed by atoms with van der Waals surface area (Å²) in [7, 11) is 0. The molecule has 1 aromatic heterocycles. The first kappa shape index (κ1) is 21.2. The Hall–Kier alpha value is -2.08. The summed E-state index contributed by atoms with van der Waals surface area (Å²) in [6.45, 7) is 0. The third-order valence-electron chi connectivity index (χ3n) is 1.09. The van der Waals surface area contributed by atoms with Crippen LogP contribution in [0.2, 0.25) is 0 Å². The molecular formula is C7H7BiN6O6S. The first-order valence-electron chi connectivity index (χ1n) is 4.55. The van der Waals surface area contributed by atoms with Crippen LogP contribution in [0.25, 0.3) is 0 Å². The Morgan fingerprint density at radius 1 is 1.05 bits per heavy atom. The fourth-order valence-corrected chi connectivity index (χ4v) is 1.34. The molecule has 0 saturated carbocycles. The van der Waals surface area contributed by atoms with Gasteiger partial charge in [-0.05, 0) is 23.2 Å². The van der Waals surface area contributed by atoms with Crippen LogP contribution in [0, 0.1) is 30.6 Å². The van der Waals surface area contributed by atoms with Crippen LogP contribution in [0.3, 0.4) is 0 Å². The van der Waals surface area contributed by atoms with E-state index in [-0.39, 0.29) is 0 Å². The van der Waals surface area contributed by atoms with E-state index >= 15 is 0 Å². The second kappa shape index (κ2) is 14.3. The van der Waals surface area contributed by atoms with Crippen LogP contribution >= 0.6 is 12.8 Å². The molecule has 0 unspecified atom stereocenters. The van der Waals surface area contributed by atoms with E-state index in [2.05, 4.69) is 52.6 Å². The molecule has 1 aromatic carbocycles. The first-order valence-corrected chi connectivity index (χ1v) is 6.68. The topological polar surface area (TPSA) is 176 Å². The molecule has 0 aliphatic heterocycles. The number of thiol groups is 1. The van der Waals surface area contributed by atoms with Crippen molar-refractivity contribution < 1.29 is 10.2 Å². The Kier molecular flexibility index (Phi) is 14.5.